The summed E-state index contributed by atoms with van der Waals surface area (Å²) in [5, 5.41) is 7.99. The van der Waals surface area contributed by atoms with E-state index in [2.05, 4.69) is 9.97 Å². The van der Waals surface area contributed by atoms with Gasteiger partial charge in [0, 0.05) is 23.9 Å². The fourth-order valence-electron chi connectivity index (χ4n) is 1.79. The number of aromatic nitrogens is 2. The highest BCUT2D eigenvalue weighted by Gasteiger charge is 2.43. The van der Waals surface area contributed by atoms with E-state index in [4.69, 9.17) is 11.1 Å². The number of hydrogen-bond acceptors (Lipinski definition) is 4. The highest BCUT2D eigenvalue weighted by atomic mass is 32.2. The van der Waals surface area contributed by atoms with E-state index in [0.29, 0.717) is 11.6 Å². The Balaban J connectivity index is 1.98. The second-order valence-corrected chi connectivity index (χ2v) is 5.65. The molecule has 0 saturated heterocycles. The van der Waals surface area contributed by atoms with Crippen LogP contribution in [0.4, 0.5) is 0 Å². The van der Waals surface area contributed by atoms with Crippen molar-refractivity contribution in [1.29, 1.82) is 5.41 Å². The smallest absolute Gasteiger partial charge is 0.251 e. The van der Waals surface area contributed by atoms with Crippen molar-refractivity contribution in [2.24, 2.45) is 11.1 Å². The molecule has 1 aromatic rings. The van der Waals surface area contributed by atoms with Crippen molar-refractivity contribution in [3.8, 4) is 0 Å². The standard InChI is InChI=1S/C11H16N4OS/c1-7-4-9(16)15-10(14-7)17-6-11(2-3-11)5-8(12)13/h4H,2-3,5-6H2,1H3,(H3,12,13)(H,14,15,16). The molecule has 1 heterocycles. The van der Waals surface area contributed by atoms with Gasteiger partial charge in [0.1, 0.15) is 0 Å². The molecular weight excluding hydrogens is 236 g/mol. The van der Waals surface area contributed by atoms with Gasteiger partial charge in [0.15, 0.2) is 5.16 Å². The van der Waals surface area contributed by atoms with Crippen LogP contribution < -0.4 is 11.3 Å². The maximum absolute atomic E-state index is 11.3. The van der Waals surface area contributed by atoms with E-state index in [9.17, 15) is 4.79 Å². The number of thioether (sulfide) groups is 1. The van der Waals surface area contributed by atoms with Crippen LogP contribution in [0.2, 0.25) is 0 Å². The van der Waals surface area contributed by atoms with Gasteiger partial charge in [-0.1, -0.05) is 11.8 Å². The molecule has 1 aliphatic rings. The van der Waals surface area contributed by atoms with Gasteiger partial charge in [-0.25, -0.2) is 4.98 Å². The van der Waals surface area contributed by atoms with E-state index in [1.165, 1.54) is 6.07 Å². The van der Waals surface area contributed by atoms with Crippen molar-refractivity contribution < 1.29 is 0 Å². The zero-order valence-electron chi connectivity index (χ0n) is 9.75. The van der Waals surface area contributed by atoms with E-state index in [1.807, 2.05) is 6.92 Å². The second kappa shape index (κ2) is 4.52. The number of nitrogens with zero attached hydrogens (tertiary/aromatic N) is 1. The normalized spacial score (nSPS) is 16.8. The first-order valence-electron chi connectivity index (χ1n) is 5.53. The molecule has 0 spiro atoms. The van der Waals surface area contributed by atoms with Gasteiger partial charge in [-0.05, 0) is 25.2 Å². The van der Waals surface area contributed by atoms with Crippen LogP contribution in [-0.4, -0.2) is 21.6 Å². The van der Waals surface area contributed by atoms with Gasteiger partial charge in [0.2, 0.25) is 0 Å². The highest BCUT2D eigenvalue weighted by molar-refractivity contribution is 7.99. The summed E-state index contributed by atoms with van der Waals surface area (Å²) in [5.41, 5.74) is 6.22. The summed E-state index contributed by atoms with van der Waals surface area (Å²) >= 11 is 1.54. The van der Waals surface area contributed by atoms with E-state index in [-0.39, 0.29) is 16.8 Å². The van der Waals surface area contributed by atoms with Gasteiger partial charge in [0.05, 0.1) is 5.84 Å². The lowest BCUT2D eigenvalue weighted by molar-refractivity contribution is 0.610. The highest BCUT2D eigenvalue weighted by Crippen LogP contribution is 2.51. The minimum absolute atomic E-state index is 0.114. The molecule has 0 aliphatic heterocycles. The molecule has 0 unspecified atom stereocenters. The molecule has 1 fully saturated rings. The van der Waals surface area contributed by atoms with Gasteiger partial charge >= 0.3 is 0 Å². The fraction of sp³-hybridized carbons (Fsp3) is 0.545. The molecule has 0 aromatic carbocycles. The largest absolute Gasteiger partial charge is 0.388 e. The third-order valence-electron chi connectivity index (χ3n) is 2.89. The van der Waals surface area contributed by atoms with Crippen molar-refractivity contribution in [1.82, 2.24) is 9.97 Å². The Morgan fingerprint density at radius 3 is 2.94 bits per heavy atom. The molecule has 0 atom stereocenters. The van der Waals surface area contributed by atoms with Crippen molar-refractivity contribution in [3.63, 3.8) is 0 Å². The summed E-state index contributed by atoms with van der Waals surface area (Å²) in [6.07, 6.45) is 2.86. The Morgan fingerprint density at radius 2 is 2.41 bits per heavy atom. The average molecular weight is 252 g/mol. The Bertz CT molecular complexity index is 492. The molecule has 0 bridgehead atoms. The lowest BCUT2D eigenvalue weighted by atomic mass is 10.1. The van der Waals surface area contributed by atoms with Crippen molar-refractivity contribution >= 4 is 17.6 Å². The summed E-state index contributed by atoms with van der Waals surface area (Å²) < 4.78 is 0. The molecule has 1 saturated carbocycles. The molecule has 5 nitrogen and oxygen atoms in total. The lowest BCUT2D eigenvalue weighted by Crippen LogP contribution is -2.18. The minimum atomic E-state index is -0.114. The molecular formula is C11H16N4OS. The number of aryl methyl sites for hydroxylation is 1. The molecule has 17 heavy (non-hydrogen) atoms. The van der Waals surface area contributed by atoms with Crippen LogP contribution in [0.25, 0.3) is 0 Å². The van der Waals surface area contributed by atoms with Gasteiger partial charge in [0.25, 0.3) is 5.56 Å². The Hall–Kier alpha value is -1.30. The number of H-pyrrole nitrogens is 1. The molecule has 1 aromatic heterocycles. The van der Waals surface area contributed by atoms with E-state index < -0.39 is 0 Å². The molecule has 6 heteroatoms. The summed E-state index contributed by atoms with van der Waals surface area (Å²) in [6.45, 7) is 1.81. The van der Waals surface area contributed by atoms with Crippen LogP contribution in [0.15, 0.2) is 16.0 Å². The van der Waals surface area contributed by atoms with Crippen molar-refractivity contribution in [3.05, 3.63) is 22.1 Å². The maximum Gasteiger partial charge on any atom is 0.251 e. The van der Waals surface area contributed by atoms with Crippen LogP contribution in [0.1, 0.15) is 25.0 Å². The third kappa shape index (κ3) is 3.33. The quantitative estimate of drug-likeness (QED) is 0.318. The van der Waals surface area contributed by atoms with E-state index in [0.717, 1.165) is 24.3 Å². The summed E-state index contributed by atoms with van der Waals surface area (Å²) in [6, 6.07) is 1.48. The summed E-state index contributed by atoms with van der Waals surface area (Å²) in [5.74, 6) is 1.10. The first-order chi connectivity index (χ1) is 7.99. The van der Waals surface area contributed by atoms with E-state index >= 15 is 0 Å². The van der Waals surface area contributed by atoms with Crippen LogP contribution >= 0.6 is 11.8 Å². The molecule has 0 amide bonds. The van der Waals surface area contributed by atoms with Crippen LogP contribution in [0.3, 0.4) is 0 Å². The van der Waals surface area contributed by atoms with Gasteiger partial charge in [-0.3, -0.25) is 10.2 Å². The Kier molecular flexibility index (Phi) is 3.24. The van der Waals surface area contributed by atoms with Crippen molar-refractivity contribution in [2.45, 2.75) is 31.3 Å². The van der Waals surface area contributed by atoms with Gasteiger partial charge < -0.3 is 10.7 Å². The third-order valence-corrected chi connectivity index (χ3v) is 4.11. The number of nitrogens with one attached hydrogen (secondary N) is 2. The monoisotopic (exact) mass is 252 g/mol. The molecule has 4 N–H and O–H groups in total. The zero-order chi connectivity index (χ0) is 12.5. The summed E-state index contributed by atoms with van der Waals surface area (Å²) in [7, 11) is 0. The average Bonchev–Trinajstić information content (AvgIpc) is 2.93. The summed E-state index contributed by atoms with van der Waals surface area (Å²) in [4.78, 5) is 18.2. The van der Waals surface area contributed by atoms with Gasteiger partial charge in [-0.15, -0.1) is 0 Å². The number of aromatic amines is 1. The van der Waals surface area contributed by atoms with Gasteiger partial charge in [-0.2, -0.15) is 0 Å². The number of nitrogens with two attached hydrogens (primary N) is 1. The minimum Gasteiger partial charge on any atom is -0.388 e. The SMILES string of the molecule is Cc1cc(=O)[nH]c(SCC2(CC(=N)N)CC2)n1. The molecule has 92 valence electrons. The van der Waals surface area contributed by atoms with Crippen molar-refractivity contribution in [2.75, 3.05) is 5.75 Å². The zero-order valence-corrected chi connectivity index (χ0v) is 10.6. The number of rotatable bonds is 5. The number of amidine groups is 1. The number of hydrogen-bond donors (Lipinski definition) is 3. The lowest BCUT2D eigenvalue weighted by Gasteiger charge is -2.12. The molecule has 1 aliphatic carbocycles. The van der Waals surface area contributed by atoms with Crippen LogP contribution in [0, 0.1) is 17.7 Å². The fourth-order valence-corrected chi connectivity index (χ4v) is 3.01. The Labute approximate surface area is 104 Å². The van der Waals surface area contributed by atoms with Crippen LogP contribution in [-0.2, 0) is 0 Å². The first-order valence-corrected chi connectivity index (χ1v) is 6.51. The topological polar surface area (TPSA) is 95.6 Å². The predicted molar refractivity (Wildman–Crippen MR) is 68.5 cm³/mol. The van der Waals surface area contributed by atoms with Crippen LogP contribution in [0.5, 0.6) is 0 Å². The molecule has 0 radical (unpaired) electrons. The van der Waals surface area contributed by atoms with E-state index in [1.54, 1.807) is 11.8 Å². The first kappa shape index (κ1) is 12.2. The Morgan fingerprint density at radius 1 is 1.71 bits per heavy atom. The second-order valence-electron chi connectivity index (χ2n) is 4.68. The molecule has 2 rings (SSSR count). The predicted octanol–water partition coefficient (Wildman–Crippen LogP) is 1.28. The maximum atomic E-state index is 11.3.